The van der Waals surface area contributed by atoms with Crippen LogP contribution in [0.3, 0.4) is 0 Å². The largest absolute Gasteiger partial charge is 0.398 e. The van der Waals surface area contributed by atoms with Crippen LogP contribution in [0.25, 0.3) is 27.1 Å². The topological polar surface area (TPSA) is 56.2 Å². The van der Waals surface area contributed by atoms with E-state index < -0.39 is 0 Å². The predicted octanol–water partition coefficient (Wildman–Crippen LogP) is 3.19. The van der Waals surface area contributed by atoms with Gasteiger partial charge in [0.25, 0.3) is 0 Å². The third-order valence-corrected chi connectivity index (χ3v) is 4.11. The third-order valence-electron chi connectivity index (χ3n) is 3.15. The number of thiophene rings is 1. The van der Waals surface area contributed by atoms with Gasteiger partial charge >= 0.3 is 0 Å². The minimum absolute atomic E-state index is 0.702. The number of anilines is 1. The lowest BCUT2D eigenvalue weighted by Gasteiger charge is -2.00. The number of hydrogen-bond donors (Lipinski definition) is 1. The zero-order chi connectivity index (χ0) is 12.8. The average molecular weight is 266 g/mol. The Balaban J connectivity index is 2.06. The van der Waals surface area contributed by atoms with Crippen molar-refractivity contribution in [2.24, 2.45) is 0 Å². The Morgan fingerprint density at radius 3 is 2.89 bits per heavy atom. The molecule has 5 heteroatoms. The maximum absolute atomic E-state index is 5.84. The summed E-state index contributed by atoms with van der Waals surface area (Å²) in [6.07, 6.45) is 1.86. The first-order valence-corrected chi connectivity index (χ1v) is 6.78. The van der Waals surface area contributed by atoms with Crippen LogP contribution in [0.4, 0.5) is 5.69 Å². The molecule has 0 radical (unpaired) electrons. The van der Waals surface area contributed by atoms with Crippen LogP contribution in [0.15, 0.2) is 48.0 Å². The van der Waals surface area contributed by atoms with Gasteiger partial charge in [-0.15, -0.1) is 21.5 Å². The fourth-order valence-electron chi connectivity index (χ4n) is 2.24. The molecule has 1 aromatic carbocycles. The van der Waals surface area contributed by atoms with Crippen LogP contribution < -0.4 is 5.73 Å². The molecule has 0 unspecified atom stereocenters. The summed E-state index contributed by atoms with van der Waals surface area (Å²) >= 11 is 1.71. The lowest BCUT2D eigenvalue weighted by atomic mass is 10.1. The summed E-state index contributed by atoms with van der Waals surface area (Å²) < 4.78 is 3.18. The Morgan fingerprint density at radius 1 is 1.05 bits per heavy atom. The Hall–Kier alpha value is -2.40. The molecule has 4 aromatic rings. The van der Waals surface area contributed by atoms with Crippen molar-refractivity contribution in [2.75, 3.05) is 5.73 Å². The van der Waals surface area contributed by atoms with Crippen LogP contribution in [-0.4, -0.2) is 14.6 Å². The first-order chi connectivity index (χ1) is 9.33. The summed E-state index contributed by atoms with van der Waals surface area (Å²) in [5.41, 5.74) is 8.45. The second-order valence-electron chi connectivity index (χ2n) is 4.36. The van der Waals surface area contributed by atoms with Crippen molar-refractivity contribution < 1.29 is 0 Å². The van der Waals surface area contributed by atoms with Gasteiger partial charge in [0.05, 0.1) is 0 Å². The summed E-state index contributed by atoms with van der Waals surface area (Å²) in [6.45, 7) is 0. The molecule has 0 saturated heterocycles. The molecule has 0 aliphatic rings. The molecule has 0 aliphatic carbocycles. The van der Waals surface area contributed by atoms with Gasteiger partial charge in [-0.1, -0.05) is 18.2 Å². The SMILES string of the molecule is Nc1ccc2nnc(-c3csc4ccccc34)n2c1. The standard InChI is InChI=1S/C14H10N4S/c15-9-5-6-13-16-17-14(18(13)7-9)11-8-19-12-4-2-1-3-10(11)12/h1-8H,15H2. The van der Waals surface area contributed by atoms with Gasteiger partial charge in [0, 0.05) is 32.9 Å². The van der Waals surface area contributed by atoms with Crippen molar-refractivity contribution >= 4 is 32.8 Å². The van der Waals surface area contributed by atoms with Crippen molar-refractivity contribution in [3.8, 4) is 11.4 Å². The number of fused-ring (bicyclic) bond motifs is 2. The average Bonchev–Trinajstić information content (AvgIpc) is 3.01. The maximum Gasteiger partial charge on any atom is 0.169 e. The van der Waals surface area contributed by atoms with Crippen LogP contribution in [-0.2, 0) is 0 Å². The number of rotatable bonds is 1. The number of benzene rings is 1. The highest BCUT2D eigenvalue weighted by molar-refractivity contribution is 7.17. The molecule has 0 bridgehead atoms. The first-order valence-electron chi connectivity index (χ1n) is 5.90. The molecule has 2 N–H and O–H groups in total. The second kappa shape index (κ2) is 3.80. The zero-order valence-corrected chi connectivity index (χ0v) is 10.8. The minimum atomic E-state index is 0.702. The molecule has 0 saturated carbocycles. The second-order valence-corrected chi connectivity index (χ2v) is 5.27. The van der Waals surface area contributed by atoms with E-state index in [9.17, 15) is 0 Å². The van der Waals surface area contributed by atoms with Crippen molar-refractivity contribution in [3.05, 3.63) is 48.0 Å². The third kappa shape index (κ3) is 1.52. The van der Waals surface area contributed by atoms with Gasteiger partial charge in [-0.2, -0.15) is 0 Å². The molecule has 4 rings (SSSR count). The van der Waals surface area contributed by atoms with Crippen LogP contribution in [0.5, 0.6) is 0 Å². The maximum atomic E-state index is 5.84. The number of aromatic nitrogens is 3. The van der Waals surface area contributed by atoms with E-state index in [0.29, 0.717) is 5.69 Å². The van der Waals surface area contributed by atoms with E-state index in [2.05, 4.69) is 27.7 Å². The number of hydrogen-bond acceptors (Lipinski definition) is 4. The Morgan fingerprint density at radius 2 is 1.95 bits per heavy atom. The minimum Gasteiger partial charge on any atom is -0.398 e. The van der Waals surface area contributed by atoms with Gasteiger partial charge in [0.1, 0.15) is 0 Å². The highest BCUT2D eigenvalue weighted by atomic mass is 32.1. The zero-order valence-electron chi connectivity index (χ0n) is 9.95. The molecule has 0 aliphatic heterocycles. The van der Waals surface area contributed by atoms with E-state index in [1.807, 2.05) is 34.9 Å². The molecule has 19 heavy (non-hydrogen) atoms. The Labute approximate surface area is 113 Å². The molecular weight excluding hydrogens is 256 g/mol. The first kappa shape index (κ1) is 10.5. The molecule has 3 heterocycles. The van der Waals surface area contributed by atoms with Gasteiger partial charge in [-0.05, 0) is 18.2 Å². The Kier molecular flexibility index (Phi) is 2.10. The van der Waals surface area contributed by atoms with E-state index in [4.69, 9.17) is 5.73 Å². The summed E-state index contributed by atoms with van der Waals surface area (Å²) in [6, 6.07) is 12.0. The van der Waals surface area contributed by atoms with Crippen LogP contribution >= 0.6 is 11.3 Å². The van der Waals surface area contributed by atoms with Crippen molar-refractivity contribution in [3.63, 3.8) is 0 Å². The van der Waals surface area contributed by atoms with E-state index in [1.165, 1.54) is 10.1 Å². The summed E-state index contributed by atoms with van der Waals surface area (Å²) in [5.74, 6) is 0.833. The molecule has 3 aromatic heterocycles. The number of nitrogen functional groups attached to an aromatic ring is 1. The molecule has 0 spiro atoms. The summed E-state index contributed by atoms with van der Waals surface area (Å²) in [4.78, 5) is 0. The monoisotopic (exact) mass is 266 g/mol. The quantitative estimate of drug-likeness (QED) is 0.575. The predicted molar refractivity (Wildman–Crippen MR) is 78.2 cm³/mol. The number of nitrogens with zero attached hydrogens (tertiary/aromatic N) is 3. The van der Waals surface area contributed by atoms with Gasteiger partial charge in [-0.25, -0.2) is 0 Å². The molecule has 92 valence electrons. The Bertz CT molecular complexity index is 891. The fourth-order valence-corrected chi connectivity index (χ4v) is 3.18. The van der Waals surface area contributed by atoms with Gasteiger partial charge in [0.15, 0.2) is 11.5 Å². The lowest BCUT2D eigenvalue weighted by molar-refractivity contribution is 1.12. The fraction of sp³-hybridized carbons (Fsp3) is 0. The molecule has 0 amide bonds. The molecule has 0 atom stereocenters. The summed E-state index contributed by atoms with van der Waals surface area (Å²) in [7, 11) is 0. The van der Waals surface area contributed by atoms with E-state index in [0.717, 1.165) is 17.0 Å². The lowest BCUT2D eigenvalue weighted by Crippen LogP contribution is -1.92. The number of nitrogens with two attached hydrogens (primary N) is 1. The van der Waals surface area contributed by atoms with E-state index >= 15 is 0 Å². The highest BCUT2D eigenvalue weighted by Crippen LogP contribution is 2.33. The smallest absolute Gasteiger partial charge is 0.169 e. The van der Waals surface area contributed by atoms with Gasteiger partial charge in [0.2, 0.25) is 0 Å². The van der Waals surface area contributed by atoms with Crippen molar-refractivity contribution in [2.45, 2.75) is 0 Å². The van der Waals surface area contributed by atoms with Crippen LogP contribution in [0.1, 0.15) is 0 Å². The number of pyridine rings is 1. The van der Waals surface area contributed by atoms with Crippen molar-refractivity contribution in [1.82, 2.24) is 14.6 Å². The van der Waals surface area contributed by atoms with Crippen LogP contribution in [0.2, 0.25) is 0 Å². The molecular formula is C14H10N4S. The van der Waals surface area contributed by atoms with Gasteiger partial charge < -0.3 is 5.73 Å². The van der Waals surface area contributed by atoms with E-state index in [1.54, 1.807) is 11.3 Å². The molecule has 0 fully saturated rings. The van der Waals surface area contributed by atoms with E-state index in [-0.39, 0.29) is 0 Å². The molecule has 4 nitrogen and oxygen atoms in total. The summed E-state index contributed by atoms with van der Waals surface area (Å²) in [5, 5.41) is 11.8. The van der Waals surface area contributed by atoms with Gasteiger partial charge in [-0.3, -0.25) is 4.40 Å². The van der Waals surface area contributed by atoms with Crippen LogP contribution in [0, 0.1) is 0 Å². The normalized spacial score (nSPS) is 11.4. The van der Waals surface area contributed by atoms with Crippen molar-refractivity contribution in [1.29, 1.82) is 0 Å². The highest BCUT2D eigenvalue weighted by Gasteiger charge is 2.12.